The normalized spacial score (nSPS) is 17.9. The molecule has 0 radical (unpaired) electrons. The van der Waals surface area contributed by atoms with Gasteiger partial charge in [0.05, 0.1) is 13.2 Å². The van der Waals surface area contributed by atoms with Crippen LogP contribution in [0.4, 0.5) is 0 Å². The Labute approximate surface area is 85.6 Å². The van der Waals surface area contributed by atoms with Crippen molar-refractivity contribution in [1.29, 1.82) is 0 Å². The number of carbonyl (C=O) groups excluding carboxylic acids is 1. The lowest BCUT2D eigenvalue weighted by Gasteiger charge is -2.19. The first-order valence-corrected chi connectivity index (χ1v) is 5.41. The number of ether oxygens (including phenoxy) is 1. The van der Waals surface area contributed by atoms with E-state index in [4.69, 9.17) is 4.74 Å². The summed E-state index contributed by atoms with van der Waals surface area (Å²) >= 11 is 0. The van der Waals surface area contributed by atoms with Gasteiger partial charge in [-0.25, -0.2) is 0 Å². The molecule has 1 amide bonds. The second-order valence-electron chi connectivity index (χ2n) is 3.52. The van der Waals surface area contributed by atoms with E-state index >= 15 is 0 Å². The van der Waals surface area contributed by atoms with Gasteiger partial charge in [-0.15, -0.1) is 0 Å². The van der Waals surface area contributed by atoms with Crippen LogP contribution in [0.3, 0.4) is 0 Å². The van der Waals surface area contributed by atoms with Gasteiger partial charge in [-0.2, -0.15) is 0 Å². The average Bonchev–Trinajstić information content (AvgIpc) is 2.46. The smallest absolute Gasteiger partial charge is 0.236 e. The van der Waals surface area contributed by atoms with Gasteiger partial charge in [-0.1, -0.05) is 6.92 Å². The topological polar surface area (TPSA) is 41.6 Å². The third kappa shape index (κ3) is 4.07. The highest BCUT2D eigenvalue weighted by Crippen LogP contribution is 1.98. The number of rotatable bonds is 4. The SMILES string of the molecule is CCCNCC(=O)N1CCCOCC1. The molecule has 1 aliphatic heterocycles. The number of nitrogens with zero attached hydrogens (tertiary/aromatic N) is 1. The Morgan fingerprint density at radius 1 is 1.43 bits per heavy atom. The fourth-order valence-electron chi connectivity index (χ4n) is 1.48. The van der Waals surface area contributed by atoms with Crippen LogP contribution in [0.5, 0.6) is 0 Å². The van der Waals surface area contributed by atoms with E-state index in [0.717, 1.165) is 39.1 Å². The molecule has 0 bridgehead atoms. The van der Waals surface area contributed by atoms with E-state index in [-0.39, 0.29) is 5.91 Å². The van der Waals surface area contributed by atoms with Crippen LogP contribution >= 0.6 is 0 Å². The predicted octanol–water partition coefficient (Wildman–Crippen LogP) is 0.235. The van der Waals surface area contributed by atoms with Crippen molar-refractivity contribution in [3.63, 3.8) is 0 Å². The Balaban J connectivity index is 2.20. The fraction of sp³-hybridized carbons (Fsp3) is 0.900. The van der Waals surface area contributed by atoms with Gasteiger partial charge in [-0.3, -0.25) is 4.79 Å². The van der Waals surface area contributed by atoms with Crippen LogP contribution in [0, 0.1) is 0 Å². The molecule has 0 aromatic rings. The van der Waals surface area contributed by atoms with Crippen LogP contribution in [0.15, 0.2) is 0 Å². The second kappa shape index (κ2) is 6.79. The average molecular weight is 200 g/mol. The highest BCUT2D eigenvalue weighted by Gasteiger charge is 2.14. The van der Waals surface area contributed by atoms with Crippen molar-refractivity contribution >= 4 is 5.91 Å². The van der Waals surface area contributed by atoms with Gasteiger partial charge in [0.1, 0.15) is 0 Å². The summed E-state index contributed by atoms with van der Waals surface area (Å²) in [5.41, 5.74) is 0. The number of hydrogen-bond donors (Lipinski definition) is 1. The van der Waals surface area contributed by atoms with Gasteiger partial charge < -0.3 is 15.0 Å². The standard InChI is InChI=1S/C10H20N2O2/c1-2-4-11-9-10(13)12-5-3-7-14-8-6-12/h11H,2-9H2,1H3. The summed E-state index contributed by atoms with van der Waals surface area (Å²) in [6.07, 6.45) is 2.02. The number of nitrogens with one attached hydrogen (secondary N) is 1. The molecule has 0 spiro atoms. The van der Waals surface area contributed by atoms with E-state index in [9.17, 15) is 4.79 Å². The molecule has 14 heavy (non-hydrogen) atoms. The van der Waals surface area contributed by atoms with Crippen molar-refractivity contribution < 1.29 is 9.53 Å². The van der Waals surface area contributed by atoms with Crippen LogP contribution in [0.2, 0.25) is 0 Å². The third-order valence-corrected chi connectivity index (χ3v) is 2.28. The molecule has 0 aliphatic carbocycles. The summed E-state index contributed by atoms with van der Waals surface area (Å²) in [6, 6.07) is 0. The fourth-order valence-corrected chi connectivity index (χ4v) is 1.48. The summed E-state index contributed by atoms with van der Waals surface area (Å²) in [6.45, 7) is 6.52. The zero-order valence-electron chi connectivity index (χ0n) is 8.92. The quantitative estimate of drug-likeness (QED) is 0.661. The minimum atomic E-state index is 0.198. The van der Waals surface area contributed by atoms with Gasteiger partial charge in [0.15, 0.2) is 0 Å². The zero-order valence-corrected chi connectivity index (χ0v) is 8.92. The molecule has 82 valence electrons. The summed E-state index contributed by atoms with van der Waals surface area (Å²) < 4.78 is 5.29. The molecule has 0 atom stereocenters. The van der Waals surface area contributed by atoms with E-state index in [0.29, 0.717) is 13.2 Å². The van der Waals surface area contributed by atoms with Gasteiger partial charge in [0, 0.05) is 19.7 Å². The Kier molecular flexibility index (Phi) is 5.56. The zero-order chi connectivity index (χ0) is 10.2. The minimum absolute atomic E-state index is 0.198. The highest BCUT2D eigenvalue weighted by molar-refractivity contribution is 5.78. The molecule has 0 unspecified atom stereocenters. The maximum atomic E-state index is 11.6. The lowest BCUT2D eigenvalue weighted by atomic mass is 10.3. The van der Waals surface area contributed by atoms with E-state index in [1.807, 2.05) is 4.90 Å². The molecule has 4 nitrogen and oxygen atoms in total. The first-order valence-electron chi connectivity index (χ1n) is 5.41. The van der Waals surface area contributed by atoms with Crippen molar-refractivity contribution in [3.8, 4) is 0 Å². The van der Waals surface area contributed by atoms with Crippen molar-refractivity contribution in [2.75, 3.05) is 39.4 Å². The Hall–Kier alpha value is -0.610. The molecule has 1 N–H and O–H groups in total. The van der Waals surface area contributed by atoms with E-state index in [1.54, 1.807) is 0 Å². The number of amides is 1. The molecule has 1 aliphatic rings. The van der Waals surface area contributed by atoms with Crippen LogP contribution in [-0.4, -0.2) is 50.2 Å². The maximum absolute atomic E-state index is 11.6. The van der Waals surface area contributed by atoms with Crippen LogP contribution < -0.4 is 5.32 Å². The van der Waals surface area contributed by atoms with E-state index in [2.05, 4.69) is 12.2 Å². The van der Waals surface area contributed by atoms with E-state index in [1.165, 1.54) is 0 Å². The lowest BCUT2D eigenvalue weighted by Crippen LogP contribution is -2.39. The lowest BCUT2D eigenvalue weighted by molar-refractivity contribution is -0.130. The van der Waals surface area contributed by atoms with Crippen molar-refractivity contribution in [3.05, 3.63) is 0 Å². The van der Waals surface area contributed by atoms with E-state index < -0.39 is 0 Å². The monoisotopic (exact) mass is 200 g/mol. The number of carbonyl (C=O) groups is 1. The number of hydrogen-bond acceptors (Lipinski definition) is 3. The largest absolute Gasteiger partial charge is 0.380 e. The molecule has 1 fully saturated rings. The Morgan fingerprint density at radius 2 is 2.29 bits per heavy atom. The first kappa shape index (κ1) is 11.5. The summed E-state index contributed by atoms with van der Waals surface area (Å²) in [4.78, 5) is 13.5. The molecular formula is C10H20N2O2. The molecule has 0 aromatic carbocycles. The van der Waals surface area contributed by atoms with Crippen molar-refractivity contribution in [2.45, 2.75) is 19.8 Å². The molecule has 0 saturated carbocycles. The van der Waals surface area contributed by atoms with Crippen molar-refractivity contribution in [1.82, 2.24) is 10.2 Å². The Morgan fingerprint density at radius 3 is 3.07 bits per heavy atom. The summed E-state index contributed by atoms with van der Waals surface area (Å²) in [5, 5.41) is 3.12. The summed E-state index contributed by atoms with van der Waals surface area (Å²) in [5.74, 6) is 0.198. The molecule has 1 heterocycles. The molecule has 1 rings (SSSR count). The molecule has 4 heteroatoms. The molecular weight excluding hydrogens is 180 g/mol. The second-order valence-corrected chi connectivity index (χ2v) is 3.52. The van der Waals surface area contributed by atoms with Crippen LogP contribution in [-0.2, 0) is 9.53 Å². The van der Waals surface area contributed by atoms with Crippen LogP contribution in [0.25, 0.3) is 0 Å². The first-order chi connectivity index (χ1) is 6.84. The third-order valence-electron chi connectivity index (χ3n) is 2.28. The maximum Gasteiger partial charge on any atom is 0.236 e. The van der Waals surface area contributed by atoms with Gasteiger partial charge in [0.2, 0.25) is 5.91 Å². The minimum Gasteiger partial charge on any atom is -0.380 e. The van der Waals surface area contributed by atoms with Gasteiger partial charge >= 0.3 is 0 Å². The Bertz CT molecular complexity index is 166. The van der Waals surface area contributed by atoms with Crippen LogP contribution in [0.1, 0.15) is 19.8 Å². The predicted molar refractivity (Wildman–Crippen MR) is 55.2 cm³/mol. The highest BCUT2D eigenvalue weighted by atomic mass is 16.5. The van der Waals surface area contributed by atoms with Crippen molar-refractivity contribution in [2.24, 2.45) is 0 Å². The van der Waals surface area contributed by atoms with Gasteiger partial charge in [-0.05, 0) is 19.4 Å². The summed E-state index contributed by atoms with van der Waals surface area (Å²) in [7, 11) is 0. The molecule has 0 aromatic heterocycles. The molecule has 1 saturated heterocycles. The van der Waals surface area contributed by atoms with Gasteiger partial charge in [0.25, 0.3) is 0 Å².